The lowest BCUT2D eigenvalue weighted by Crippen LogP contribution is -1.98. The van der Waals surface area contributed by atoms with Crippen LogP contribution in [0.5, 0.6) is 0 Å². The summed E-state index contributed by atoms with van der Waals surface area (Å²) in [5.74, 6) is -0.223. The molecule has 0 unspecified atom stereocenters. The number of carbonyl (C=O) groups excluding carboxylic acids is 1. The number of ether oxygens (including phenoxy) is 1. The topological polar surface area (TPSA) is 26.3 Å². The van der Waals surface area contributed by atoms with Crippen LogP contribution in [-0.4, -0.2) is 12.6 Å². The van der Waals surface area contributed by atoms with E-state index in [1.807, 2.05) is 6.08 Å². The van der Waals surface area contributed by atoms with Crippen LogP contribution in [0.1, 0.15) is 60.3 Å². The molecule has 0 amide bonds. The Morgan fingerprint density at radius 2 is 1.37 bits per heavy atom. The third-order valence-corrected chi connectivity index (χ3v) is 2.84. The quantitative estimate of drug-likeness (QED) is 0.457. The number of hydrogen-bond acceptors (Lipinski definition) is 2. The van der Waals surface area contributed by atoms with Crippen LogP contribution >= 0.6 is 0 Å². The Bertz CT molecular complexity index is 355. The summed E-state index contributed by atoms with van der Waals surface area (Å²) >= 11 is 0. The number of hydrogen-bond donors (Lipinski definition) is 0. The molecule has 0 atom stereocenters. The van der Waals surface area contributed by atoms with Crippen LogP contribution < -0.4 is 0 Å². The lowest BCUT2D eigenvalue weighted by atomic mass is 10.1. The van der Waals surface area contributed by atoms with Gasteiger partial charge in [-0.05, 0) is 59.5 Å². The van der Waals surface area contributed by atoms with E-state index in [9.17, 15) is 4.79 Å². The molecule has 19 heavy (non-hydrogen) atoms. The normalized spacial score (nSPS) is 12.3. The van der Waals surface area contributed by atoms with Crippen LogP contribution in [0.4, 0.5) is 0 Å². The van der Waals surface area contributed by atoms with E-state index in [-0.39, 0.29) is 5.97 Å². The Labute approximate surface area is 118 Å². The zero-order valence-electron chi connectivity index (χ0n) is 13.1. The lowest BCUT2D eigenvalue weighted by molar-refractivity contribution is -0.139. The molecular formula is C17H28O2. The lowest BCUT2D eigenvalue weighted by Gasteiger charge is -2.02. The largest absolute Gasteiger partial charge is 0.462 e. The van der Waals surface area contributed by atoms with Crippen LogP contribution in [-0.2, 0) is 9.53 Å². The van der Waals surface area contributed by atoms with Crippen molar-refractivity contribution in [1.29, 1.82) is 0 Å². The fraction of sp³-hybridized carbons (Fsp3) is 0.588. The summed E-state index contributed by atoms with van der Waals surface area (Å²) in [6, 6.07) is 0. The van der Waals surface area contributed by atoms with Crippen molar-refractivity contribution >= 4 is 5.97 Å². The van der Waals surface area contributed by atoms with E-state index >= 15 is 0 Å². The third-order valence-electron chi connectivity index (χ3n) is 2.84. The molecule has 2 nitrogen and oxygen atoms in total. The predicted octanol–water partition coefficient (Wildman–Crippen LogP) is 4.97. The maximum atomic E-state index is 10.6. The highest BCUT2D eigenvalue weighted by Gasteiger charge is 1.93. The van der Waals surface area contributed by atoms with E-state index in [2.05, 4.69) is 39.8 Å². The number of allylic oxidation sites excluding steroid dienone is 5. The van der Waals surface area contributed by atoms with Gasteiger partial charge in [-0.2, -0.15) is 0 Å². The van der Waals surface area contributed by atoms with Crippen molar-refractivity contribution in [2.24, 2.45) is 0 Å². The standard InChI is InChI=1S/C17H28O2/c1-14(2)8-6-9-15(3)10-7-11-16(4)12-13-19-17(5)18/h8,10,12H,6-7,9,11,13H2,1-5H3/b15-10-,16-12+. The maximum absolute atomic E-state index is 10.6. The minimum absolute atomic E-state index is 0.223. The maximum Gasteiger partial charge on any atom is 0.302 e. The van der Waals surface area contributed by atoms with Gasteiger partial charge in [0.1, 0.15) is 6.61 Å². The zero-order chi connectivity index (χ0) is 14.7. The van der Waals surface area contributed by atoms with Crippen LogP contribution in [0.3, 0.4) is 0 Å². The minimum atomic E-state index is -0.223. The van der Waals surface area contributed by atoms with Crippen molar-refractivity contribution in [3.63, 3.8) is 0 Å². The van der Waals surface area contributed by atoms with Crippen molar-refractivity contribution in [3.8, 4) is 0 Å². The molecule has 0 aromatic heterocycles. The molecule has 2 heteroatoms. The Morgan fingerprint density at radius 1 is 0.842 bits per heavy atom. The molecule has 0 aromatic carbocycles. The average Bonchev–Trinajstić information content (AvgIpc) is 2.27. The molecule has 0 radical (unpaired) electrons. The number of carbonyl (C=O) groups is 1. The average molecular weight is 264 g/mol. The van der Waals surface area contributed by atoms with Gasteiger partial charge < -0.3 is 4.74 Å². The second-order valence-corrected chi connectivity index (χ2v) is 5.26. The molecule has 0 saturated carbocycles. The van der Waals surface area contributed by atoms with Crippen molar-refractivity contribution < 1.29 is 9.53 Å². The molecule has 0 N–H and O–H groups in total. The molecule has 0 bridgehead atoms. The van der Waals surface area contributed by atoms with Gasteiger partial charge in [-0.25, -0.2) is 0 Å². The van der Waals surface area contributed by atoms with Crippen molar-refractivity contribution in [2.75, 3.05) is 6.61 Å². The summed E-state index contributed by atoms with van der Waals surface area (Å²) in [6.07, 6.45) is 10.9. The van der Waals surface area contributed by atoms with E-state index < -0.39 is 0 Å². The monoisotopic (exact) mass is 264 g/mol. The molecule has 0 aliphatic carbocycles. The molecule has 0 saturated heterocycles. The van der Waals surface area contributed by atoms with Crippen molar-refractivity contribution in [1.82, 2.24) is 0 Å². The van der Waals surface area contributed by atoms with Gasteiger partial charge in [0.25, 0.3) is 0 Å². The first-order chi connectivity index (χ1) is 8.91. The van der Waals surface area contributed by atoms with Crippen molar-refractivity contribution in [3.05, 3.63) is 34.9 Å². The third kappa shape index (κ3) is 12.9. The second kappa shape index (κ2) is 10.6. The summed E-state index contributed by atoms with van der Waals surface area (Å²) in [5.41, 5.74) is 4.11. The number of esters is 1. The Morgan fingerprint density at radius 3 is 1.89 bits per heavy atom. The molecule has 0 fully saturated rings. The zero-order valence-corrected chi connectivity index (χ0v) is 13.1. The highest BCUT2D eigenvalue weighted by atomic mass is 16.5. The number of rotatable bonds is 8. The molecule has 108 valence electrons. The summed E-state index contributed by atoms with van der Waals surface area (Å²) in [4.78, 5) is 10.6. The molecule has 0 aliphatic rings. The van der Waals surface area contributed by atoms with Gasteiger partial charge in [0.15, 0.2) is 0 Å². The van der Waals surface area contributed by atoms with E-state index in [1.54, 1.807) is 0 Å². The van der Waals surface area contributed by atoms with E-state index in [1.165, 1.54) is 23.6 Å². The van der Waals surface area contributed by atoms with Gasteiger partial charge in [0.05, 0.1) is 0 Å². The Hall–Kier alpha value is -1.31. The van der Waals surface area contributed by atoms with Gasteiger partial charge >= 0.3 is 5.97 Å². The van der Waals surface area contributed by atoms with Gasteiger partial charge in [-0.1, -0.05) is 28.9 Å². The Balaban J connectivity index is 3.86. The fourth-order valence-electron chi connectivity index (χ4n) is 1.64. The first-order valence-electron chi connectivity index (χ1n) is 6.99. The fourth-order valence-corrected chi connectivity index (χ4v) is 1.64. The molecule has 0 aromatic rings. The van der Waals surface area contributed by atoms with Crippen molar-refractivity contribution in [2.45, 2.75) is 60.3 Å². The SMILES string of the molecule is CC(=O)OC/C=C(\C)CC/C=C(/C)CCC=C(C)C. The van der Waals surface area contributed by atoms with Crippen LogP contribution in [0.2, 0.25) is 0 Å². The van der Waals surface area contributed by atoms with E-state index in [0.29, 0.717) is 6.61 Å². The van der Waals surface area contributed by atoms with Crippen LogP contribution in [0.25, 0.3) is 0 Å². The van der Waals surface area contributed by atoms with Gasteiger partial charge in [-0.15, -0.1) is 0 Å². The van der Waals surface area contributed by atoms with E-state index in [4.69, 9.17) is 4.74 Å². The highest BCUT2D eigenvalue weighted by molar-refractivity contribution is 5.66. The molecule has 0 rings (SSSR count). The van der Waals surface area contributed by atoms with Gasteiger partial charge in [0.2, 0.25) is 0 Å². The molecular weight excluding hydrogens is 236 g/mol. The minimum Gasteiger partial charge on any atom is -0.462 e. The predicted molar refractivity (Wildman–Crippen MR) is 82.0 cm³/mol. The van der Waals surface area contributed by atoms with Crippen LogP contribution in [0.15, 0.2) is 34.9 Å². The molecule has 0 heterocycles. The first kappa shape index (κ1) is 17.7. The summed E-state index contributed by atoms with van der Waals surface area (Å²) in [5, 5.41) is 0. The van der Waals surface area contributed by atoms with Crippen LogP contribution in [0, 0.1) is 0 Å². The van der Waals surface area contributed by atoms with Gasteiger partial charge in [0, 0.05) is 6.92 Å². The Kier molecular flexibility index (Phi) is 9.87. The highest BCUT2D eigenvalue weighted by Crippen LogP contribution is 2.11. The molecule has 0 aliphatic heterocycles. The smallest absolute Gasteiger partial charge is 0.302 e. The van der Waals surface area contributed by atoms with E-state index in [0.717, 1.165) is 25.7 Å². The van der Waals surface area contributed by atoms with Gasteiger partial charge in [-0.3, -0.25) is 4.79 Å². The summed E-state index contributed by atoms with van der Waals surface area (Å²) in [7, 11) is 0. The summed E-state index contributed by atoms with van der Waals surface area (Å²) < 4.78 is 4.88. The second-order valence-electron chi connectivity index (χ2n) is 5.26. The molecule has 0 spiro atoms. The summed E-state index contributed by atoms with van der Waals surface area (Å²) in [6.45, 7) is 10.4. The first-order valence-corrected chi connectivity index (χ1v) is 6.99.